The molecule has 7 nitrogen and oxygen atoms in total. The van der Waals surface area contributed by atoms with Crippen LogP contribution in [0.5, 0.6) is 0 Å². The van der Waals surface area contributed by atoms with E-state index in [1.54, 1.807) is 17.1 Å². The van der Waals surface area contributed by atoms with Crippen molar-refractivity contribution >= 4 is 27.4 Å². The number of anilines is 1. The van der Waals surface area contributed by atoms with Gasteiger partial charge in [-0.2, -0.15) is 5.10 Å². The second-order valence-corrected chi connectivity index (χ2v) is 8.06. The zero-order valence-corrected chi connectivity index (χ0v) is 14.2. The fourth-order valence-corrected chi connectivity index (χ4v) is 4.46. The summed E-state index contributed by atoms with van der Waals surface area (Å²) in [5.41, 5.74) is 1.35. The molecule has 1 heterocycles. The maximum atomic E-state index is 11.8. The molecule has 1 aliphatic rings. The van der Waals surface area contributed by atoms with Crippen LogP contribution in [0, 0.1) is 10.1 Å². The van der Waals surface area contributed by atoms with Crippen LogP contribution >= 0.6 is 0 Å². The molecular formula is C17H17N3O4S. The molecule has 0 bridgehead atoms. The third-order valence-corrected chi connectivity index (χ3v) is 5.74. The highest BCUT2D eigenvalue weighted by Crippen LogP contribution is 2.24. The highest BCUT2D eigenvalue weighted by Gasteiger charge is 2.32. The fourth-order valence-electron chi connectivity index (χ4n) is 2.77. The largest absolute Gasteiger partial charge is 0.270 e. The topological polar surface area (TPSA) is 92.9 Å². The van der Waals surface area contributed by atoms with Crippen molar-refractivity contribution in [3.8, 4) is 0 Å². The number of nitrogens with zero attached hydrogens (tertiary/aromatic N) is 3. The number of hydrogen-bond acceptors (Lipinski definition) is 6. The number of nitro groups is 1. The van der Waals surface area contributed by atoms with E-state index in [4.69, 9.17) is 0 Å². The normalized spacial score (nSPS) is 19.1. The molecule has 1 saturated heterocycles. The Labute approximate surface area is 145 Å². The van der Waals surface area contributed by atoms with Crippen LogP contribution in [0.1, 0.15) is 12.0 Å². The first kappa shape index (κ1) is 17.1. The minimum Gasteiger partial charge on any atom is -0.261 e. The van der Waals surface area contributed by atoms with E-state index < -0.39 is 14.8 Å². The number of sulfone groups is 1. The van der Waals surface area contributed by atoms with Gasteiger partial charge in [0.05, 0.1) is 34.4 Å². The van der Waals surface area contributed by atoms with Gasteiger partial charge in [0.1, 0.15) is 0 Å². The number of hydrogen-bond donors (Lipinski definition) is 0. The van der Waals surface area contributed by atoms with Gasteiger partial charge in [-0.1, -0.05) is 30.3 Å². The first-order valence-corrected chi connectivity index (χ1v) is 9.60. The minimum absolute atomic E-state index is 0.0151. The molecule has 25 heavy (non-hydrogen) atoms. The highest BCUT2D eigenvalue weighted by atomic mass is 32.2. The molecule has 8 heteroatoms. The second-order valence-electron chi connectivity index (χ2n) is 5.83. The zero-order chi connectivity index (χ0) is 17.9. The van der Waals surface area contributed by atoms with E-state index in [0.717, 1.165) is 5.69 Å². The number of benzene rings is 2. The molecular weight excluding hydrogens is 342 g/mol. The Morgan fingerprint density at radius 3 is 2.56 bits per heavy atom. The van der Waals surface area contributed by atoms with Crippen molar-refractivity contribution in [2.24, 2.45) is 5.10 Å². The van der Waals surface area contributed by atoms with Gasteiger partial charge in [-0.15, -0.1) is 0 Å². The number of hydrazone groups is 1. The van der Waals surface area contributed by atoms with Crippen LogP contribution in [-0.4, -0.2) is 37.1 Å². The van der Waals surface area contributed by atoms with Gasteiger partial charge >= 0.3 is 0 Å². The molecule has 2 aromatic rings. The Kier molecular flexibility index (Phi) is 4.80. The quantitative estimate of drug-likeness (QED) is 0.465. The molecule has 1 atom stereocenters. The molecule has 130 valence electrons. The molecule has 0 aliphatic carbocycles. The van der Waals surface area contributed by atoms with Gasteiger partial charge in [0.15, 0.2) is 9.84 Å². The lowest BCUT2D eigenvalue weighted by molar-refractivity contribution is -0.384. The van der Waals surface area contributed by atoms with Crippen LogP contribution in [0.2, 0.25) is 0 Å². The Bertz CT molecular complexity index is 897. The summed E-state index contributed by atoms with van der Waals surface area (Å²) < 4.78 is 23.6. The van der Waals surface area contributed by atoms with Crippen molar-refractivity contribution in [1.82, 2.24) is 0 Å². The molecule has 3 rings (SSSR count). The average molecular weight is 359 g/mol. The van der Waals surface area contributed by atoms with Crippen LogP contribution in [0.4, 0.5) is 11.4 Å². The summed E-state index contributed by atoms with van der Waals surface area (Å²) in [5, 5.41) is 17.0. The molecule has 0 amide bonds. The van der Waals surface area contributed by atoms with Crippen LogP contribution in [0.15, 0.2) is 59.7 Å². The monoisotopic (exact) mass is 359 g/mol. The summed E-state index contributed by atoms with van der Waals surface area (Å²) >= 11 is 0. The molecule has 1 fully saturated rings. The number of nitro benzene ring substituents is 1. The van der Waals surface area contributed by atoms with E-state index in [-0.39, 0.29) is 23.2 Å². The van der Waals surface area contributed by atoms with Gasteiger partial charge in [-0.25, -0.2) is 8.42 Å². The summed E-state index contributed by atoms with van der Waals surface area (Å²) in [7, 11) is -3.05. The molecule has 0 unspecified atom stereocenters. The number of rotatable bonds is 5. The van der Waals surface area contributed by atoms with Crippen molar-refractivity contribution < 1.29 is 13.3 Å². The van der Waals surface area contributed by atoms with Crippen molar-refractivity contribution in [2.75, 3.05) is 16.5 Å². The van der Waals surface area contributed by atoms with Gasteiger partial charge in [-0.05, 0) is 18.6 Å². The van der Waals surface area contributed by atoms with E-state index in [0.29, 0.717) is 12.0 Å². The smallest absolute Gasteiger partial charge is 0.261 e. The maximum Gasteiger partial charge on any atom is 0.270 e. The molecule has 1 aliphatic heterocycles. The van der Waals surface area contributed by atoms with Crippen molar-refractivity contribution in [2.45, 2.75) is 12.5 Å². The summed E-state index contributed by atoms with van der Waals surface area (Å²) in [6.45, 7) is 0. The van der Waals surface area contributed by atoms with Crippen molar-refractivity contribution in [3.63, 3.8) is 0 Å². The van der Waals surface area contributed by atoms with E-state index in [2.05, 4.69) is 5.10 Å². The Balaban J connectivity index is 1.90. The van der Waals surface area contributed by atoms with E-state index in [9.17, 15) is 18.5 Å². The highest BCUT2D eigenvalue weighted by molar-refractivity contribution is 7.91. The molecule has 0 radical (unpaired) electrons. The van der Waals surface area contributed by atoms with Crippen molar-refractivity contribution in [3.05, 3.63) is 70.3 Å². The molecule has 0 N–H and O–H groups in total. The molecule has 0 aromatic heterocycles. The first-order chi connectivity index (χ1) is 11.9. The zero-order valence-electron chi connectivity index (χ0n) is 13.4. The summed E-state index contributed by atoms with van der Waals surface area (Å²) in [5.74, 6) is 0.196. The van der Waals surface area contributed by atoms with Crippen LogP contribution in [0.3, 0.4) is 0 Å². The Morgan fingerprint density at radius 2 is 1.92 bits per heavy atom. The van der Waals surface area contributed by atoms with Gasteiger partial charge < -0.3 is 0 Å². The van der Waals surface area contributed by atoms with Gasteiger partial charge in [0.2, 0.25) is 0 Å². The number of non-ortho nitro benzene ring substituents is 1. The average Bonchev–Trinajstić information content (AvgIpc) is 2.96. The van der Waals surface area contributed by atoms with E-state index in [1.165, 1.54) is 18.3 Å². The van der Waals surface area contributed by atoms with Gasteiger partial charge in [0.25, 0.3) is 5.69 Å². The lowest BCUT2D eigenvalue weighted by atomic mass is 10.2. The predicted octanol–water partition coefficient (Wildman–Crippen LogP) is 2.62. The lowest BCUT2D eigenvalue weighted by Gasteiger charge is -2.25. The summed E-state index contributed by atoms with van der Waals surface area (Å²) in [4.78, 5) is 10.4. The lowest BCUT2D eigenvalue weighted by Crippen LogP contribution is -2.31. The van der Waals surface area contributed by atoms with Gasteiger partial charge in [-0.3, -0.25) is 15.1 Å². The molecule has 0 saturated carbocycles. The van der Waals surface area contributed by atoms with E-state index >= 15 is 0 Å². The van der Waals surface area contributed by atoms with Crippen LogP contribution < -0.4 is 5.01 Å². The standard InChI is InChI=1S/C17H17N3O4S/c21-20(22)16-8-4-5-14(11-16)12-18-19(15-6-2-1-3-7-15)17-9-10-25(23,24)13-17/h1-8,11-12,17H,9-10,13H2/b18-12-/t17-/m0/s1. The summed E-state index contributed by atoms with van der Waals surface area (Å²) in [6, 6.07) is 15.2. The first-order valence-electron chi connectivity index (χ1n) is 7.78. The maximum absolute atomic E-state index is 11.8. The van der Waals surface area contributed by atoms with Crippen LogP contribution in [-0.2, 0) is 9.84 Å². The fraction of sp³-hybridized carbons (Fsp3) is 0.235. The molecule has 0 spiro atoms. The Morgan fingerprint density at radius 1 is 1.16 bits per heavy atom. The molecule has 2 aromatic carbocycles. The Hall–Kier alpha value is -2.74. The second kappa shape index (κ2) is 7.02. The summed E-state index contributed by atoms with van der Waals surface area (Å²) in [6.07, 6.45) is 2.02. The van der Waals surface area contributed by atoms with Crippen molar-refractivity contribution in [1.29, 1.82) is 0 Å². The third-order valence-electron chi connectivity index (χ3n) is 3.99. The van der Waals surface area contributed by atoms with Gasteiger partial charge in [0, 0.05) is 17.7 Å². The third kappa shape index (κ3) is 4.21. The predicted molar refractivity (Wildman–Crippen MR) is 96.7 cm³/mol. The van der Waals surface area contributed by atoms with E-state index in [1.807, 2.05) is 30.3 Å². The van der Waals surface area contributed by atoms with Crippen LogP contribution in [0.25, 0.3) is 0 Å². The SMILES string of the molecule is O=[N+]([O-])c1cccc(/C=N\N(c2ccccc2)[C@H]2CCS(=O)(=O)C2)c1. The number of para-hydroxylation sites is 1. The minimum atomic E-state index is -3.05.